The molecule has 4 rings (SSSR count). The van der Waals surface area contributed by atoms with Gasteiger partial charge in [0.15, 0.2) is 12.7 Å². The first kappa shape index (κ1) is 22.7. The van der Waals surface area contributed by atoms with E-state index in [0.717, 1.165) is 37.3 Å². The van der Waals surface area contributed by atoms with Crippen LogP contribution in [0.1, 0.15) is 31.2 Å². The Labute approximate surface area is 195 Å². The second-order valence-electron chi connectivity index (χ2n) is 8.05. The molecule has 32 heavy (non-hydrogen) atoms. The van der Waals surface area contributed by atoms with E-state index in [4.69, 9.17) is 32.7 Å². The number of hydrogen-bond donors (Lipinski definition) is 2. The third-order valence-electron chi connectivity index (χ3n) is 5.69. The summed E-state index contributed by atoms with van der Waals surface area (Å²) in [6.07, 6.45) is 2.96. The maximum absolute atomic E-state index is 13.4. The fraction of sp³-hybridized carbons (Fsp3) is 0.391. The Kier molecular flexibility index (Phi) is 7.06. The molecule has 1 aliphatic heterocycles. The van der Waals surface area contributed by atoms with Crippen LogP contribution in [-0.2, 0) is 16.0 Å². The number of ether oxygens (including phenoxy) is 2. The van der Waals surface area contributed by atoms with Crippen molar-refractivity contribution in [2.24, 2.45) is 0 Å². The molecule has 170 valence electrons. The normalized spacial score (nSPS) is 21.9. The predicted molar refractivity (Wildman–Crippen MR) is 119 cm³/mol. The van der Waals surface area contributed by atoms with Crippen molar-refractivity contribution in [1.82, 2.24) is 10.6 Å². The molecule has 2 aromatic rings. The first-order valence-electron chi connectivity index (χ1n) is 10.5. The molecule has 0 spiro atoms. The molecular weight excluding hydrogens is 458 g/mol. The highest BCUT2D eigenvalue weighted by atomic mass is 35.5. The van der Waals surface area contributed by atoms with E-state index in [1.807, 2.05) is 6.07 Å². The standard InChI is InChI=1S/C23H23Cl2FN2O4/c24-14-1-8-20-13(9-14)10-21(32-20)23(30)28-16-4-2-15(3-5-16)27-22(29)12-31-17-6-7-18(25)19(26)11-17/h1,6-9,11,15-16,21H,2-5,10,12H2,(H,27,29)(H,28,30). The summed E-state index contributed by atoms with van der Waals surface area (Å²) in [7, 11) is 0. The van der Waals surface area contributed by atoms with Crippen LogP contribution in [0.15, 0.2) is 36.4 Å². The van der Waals surface area contributed by atoms with Crippen molar-refractivity contribution in [3.63, 3.8) is 0 Å². The van der Waals surface area contributed by atoms with Gasteiger partial charge in [-0.1, -0.05) is 23.2 Å². The van der Waals surface area contributed by atoms with Gasteiger partial charge in [-0.15, -0.1) is 0 Å². The van der Waals surface area contributed by atoms with Gasteiger partial charge < -0.3 is 20.1 Å². The topological polar surface area (TPSA) is 76.7 Å². The average Bonchev–Trinajstić information content (AvgIpc) is 3.19. The van der Waals surface area contributed by atoms with Gasteiger partial charge in [0.25, 0.3) is 11.8 Å². The molecule has 6 nitrogen and oxygen atoms in total. The van der Waals surface area contributed by atoms with E-state index in [2.05, 4.69) is 10.6 Å². The summed E-state index contributed by atoms with van der Waals surface area (Å²) >= 11 is 11.6. The summed E-state index contributed by atoms with van der Waals surface area (Å²) in [5, 5.41) is 6.61. The number of halogens is 3. The van der Waals surface area contributed by atoms with Crippen molar-refractivity contribution in [1.29, 1.82) is 0 Å². The Bertz CT molecular complexity index is 1010. The smallest absolute Gasteiger partial charge is 0.261 e. The average molecular weight is 481 g/mol. The molecule has 2 aliphatic rings. The lowest BCUT2D eigenvalue weighted by Gasteiger charge is -2.30. The number of nitrogens with one attached hydrogen (secondary N) is 2. The molecule has 0 radical (unpaired) electrons. The Hall–Kier alpha value is -2.51. The highest BCUT2D eigenvalue weighted by Crippen LogP contribution is 2.31. The van der Waals surface area contributed by atoms with E-state index >= 15 is 0 Å². The van der Waals surface area contributed by atoms with Crippen LogP contribution in [0.5, 0.6) is 11.5 Å². The van der Waals surface area contributed by atoms with E-state index < -0.39 is 11.9 Å². The first-order chi connectivity index (χ1) is 15.4. The summed E-state index contributed by atoms with van der Waals surface area (Å²) < 4.78 is 24.5. The van der Waals surface area contributed by atoms with Crippen molar-refractivity contribution >= 4 is 35.0 Å². The van der Waals surface area contributed by atoms with Gasteiger partial charge in [0.05, 0.1) is 5.02 Å². The minimum atomic E-state index is -0.597. The number of carbonyl (C=O) groups excluding carboxylic acids is 2. The lowest BCUT2D eigenvalue weighted by Crippen LogP contribution is -2.47. The molecular formula is C23H23Cl2FN2O4. The molecule has 0 aromatic heterocycles. The number of amides is 2. The van der Waals surface area contributed by atoms with Gasteiger partial charge in [0, 0.05) is 29.6 Å². The second kappa shape index (κ2) is 9.96. The third-order valence-corrected chi connectivity index (χ3v) is 6.23. The Morgan fingerprint density at radius 3 is 2.47 bits per heavy atom. The van der Waals surface area contributed by atoms with E-state index in [0.29, 0.717) is 17.2 Å². The summed E-state index contributed by atoms with van der Waals surface area (Å²) in [4.78, 5) is 24.8. The number of benzene rings is 2. The Balaban J connectivity index is 1.17. The molecule has 2 amide bonds. The highest BCUT2D eigenvalue weighted by Gasteiger charge is 2.31. The number of rotatable bonds is 6. The Morgan fingerprint density at radius 2 is 1.75 bits per heavy atom. The van der Waals surface area contributed by atoms with Gasteiger partial charge in [-0.3, -0.25) is 9.59 Å². The summed E-state index contributed by atoms with van der Waals surface area (Å²) in [6, 6.07) is 9.43. The molecule has 1 fully saturated rings. The zero-order chi connectivity index (χ0) is 22.7. The second-order valence-corrected chi connectivity index (χ2v) is 8.90. The zero-order valence-electron chi connectivity index (χ0n) is 17.2. The monoisotopic (exact) mass is 480 g/mol. The van der Waals surface area contributed by atoms with Crippen LogP contribution in [0.2, 0.25) is 10.0 Å². The predicted octanol–water partition coefficient (Wildman–Crippen LogP) is 4.06. The van der Waals surface area contributed by atoms with Crippen molar-refractivity contribution in [2.45, 2.75) is 50.3 Å². The molecule has 2 N–H and O–H groups in total. The van der Waals surface area contributed by atoms with Gasteiger partial charge in [0.1, 0.15) is 17.3 Å². The summed E-state index contributed by atoms with van der Waals surface area (Å²) in [5.41, 5.74) is 0.938. The van der Waals surface area contributed by atoms with E-state index in [1.54, 1.807) is 12.1 Å². The largest absolute Gasteiger partial charge is 0.484 e. The number of fused-ring (bicyclic) bond motifs is 1. The van der Waals surface area contributed by atoms with E-state index in [-0.39, 0.29) is 41.3 Å². The molecule has 1 unspecified atom stereocenters. The van der Waals surface area contributed by atoms with Crippen LogP contribution in [0.4, 0.5) is 4.39 Å². The molecule has 0 saturated heterocycles. The highest BCUT2D eigenvalue weighted by molar-refractivity contribution is 6.31. The molecule has 1 saturated carbocycles. The van der Waals surface area contributed by atoms with Gasteiger partial charge >= 0.3 is 0 Å². The molecule has 1 heterocycles. The lowest BCUT2D eigenvalue weighted by atomic mass is 9.91. The third kappa shape index (κ3) is 5.64. The maximum atomic E-state index is 13.4. The lowest BCUT2D eigenvalue weighted by molar-refractivity contribution is -0.128. The van der Waals surface area contributed by atoms with Crippen molar-refractivity contribution in [3.8, 4) is 11.5 Å². The van der Waals surface area contributed by atoms with Gasteiger partial charge in [-0.05, 0) is 61.6 Å². The van der Waals surface area contributed by atoms with Crippen LogP contribution in [0.25, 0.3) is 0 Å². The van der Waals surface area contributed by atoms with Crippen LogP contribution < -0.4 is 20.1 Å². The van der Waals surface area contributed by atoms with Crippen molar-refractivity contribution < 1.29 is 23.5 Å². The molecule has 2 aromatic carbocycles. The fourth-order valence-electron chi connectivity index (χ4n) is 4.02. The number of carbonyl (C=O) groups is 2. The molecule has 0 bridgehead atoms. The zero-order valence-corrected chi connectivity index (χ0v) is 18.7. The molecule has 1 atom stereocenters. The van der Waals surface area contributed by atoms with Crippen LogP contribution in [0, 0.1) is 5.82 Å². The minimum absolute atomic E-state index is 0.000851. The summed E-state index contributed by atoms with van der Waals surface area (Å²) in [5.74, 6) is -0.0609. The van der Waals surface area contributed by atoms with Crippen LogP contribution in [-0.4, -0.2) is 36.6 Å². The number of hydrogen-bond acceptors (Lipinski definition) is 4. The van der Waals surface area contributed by atoms with Crippen LogP contribution >= 0.6 is 23.2 Å². The quantitative estimate of drug-likeness (QED) is 0.653. The Morgan fingerprint density at radius 1 is 1.03 bits per heavy atom. The van der Waals surface area contributed by atoms with E-state index in [1.165, 1.54) is 12.1 Å². The minimum Gasteiger partial charge on any atom is -0.484 e. The maximum Gasteiger partial charge on any atom is 0.261 e. The molecule has 1 aliphatic carbocycles. The summed E-state index contributed by atoms with van der Waals surface area (Å²) in [6.45, 7) is -0.207. The van der Waals surface area contributed by atoms with Crippen molar-refractivity contribution in [2.75, 3.05) is 6.61 Å². The van der Waals surface area contributed by atoms with Gasteiger partial charge in [-0.25, -0.2) is 4.39 Å². The van der Waals surface area contributed by atoms with Crippen molar-refractivity contribution in [3.05, 3.63) is 57.8 Å². The van der Waals surface area contributed by atoms with E-state index in [9.17, 15) is 14.0 Å². The van der Waals surface area contributed by atoms with Gasteiger partial charge in [0.2, 0.25) is 0 Å². The van der Waals surface area contributed by atoms with Crippen LogP contribution in [0.3, 0.4) is 0 Å². The fourth-order valence-corrected chi connectivity index (χ4v) is 4.34. The first-order valence-corrected chi connectivity index (χ1v) is 11.3. The molecule has 9 heteroatoms. The SMILES string of the molecule is O=C(COc1ccc(Cl)c(F)c1)NC1CCC(NC(=O)C2Cc3cc(Cl)ccc3O2)CC1. The van der Waals surface area contributed by atoms with Gasteiger partial charge in [-0.2, -0.15) is 0 Å².